The molecule has 1 N–H and O–H groups in total. The zero-order valence-corrected chi connectivity index (χ0v) is 19.7. The number of carbonyl (C=O) groups excluding carboxylic acids is 1. The normalized spacial score (nSPS) is 21.1. The number of carbonyl (C=O) groups is 1. The third-order valence-electron chi connectivity index (χ3n) is 6.69. The van der Waals surface area contributed by atoms with E-state index in [1.807, 2.05) is 11.8 Å². The zero-order valence-electron chi connectivity index (χ0n) is 18.1. The topological polar surface area (TPSA) is 95.5 Å². The van der Waals surface area contributed by atoms with Gasteiger partial charge in [0.15, 0.2) is 5.82 Å². The van der Waals surface area contributed by atoms with Gasteiger partial charge in [-0.1, -0.05) is 0 Å². The molecule has 32 heavy (non-hydrogen) atoms. The lowest BCUT2D eigenvalue weighted by molar-refractivity contribution is 0.0726. The molecule has 0 unspecified atom stereocenters. The van der Waals surface area contributed by atoms with E-state index in [9.17, 15) is 17.6 Å². The van der Waals surface area contributed by atoms with Crippen LogP contribution in [-0.4, -0.2) is 72.0 Å². The van der Waals surface area contributed by atoms with E-state index in [4.69, 9.17) is 0 Å². The Morgan fingerprint density at radius 1 is 1.31 bits per heavy atom. The predicted molar refractivity (Wildman–Crippen MR) is 121 cm³/mol. The van der Waals surface area contributed by atoms with Gasteiger partial charge in [0, 0.05) is 42.5 Å². The van der Waals surface area contributed by atoms with Crippen LogP contribution in [-0.2, 0) is 15.4 Å². The van der Waals surface area contributed by atoms with Crippen molar-refractivity contribution in [3.05, 3.63) is 28.5 Å². The van der Waals surface area contributed by atoms with E-state index in [0.717, 1.165) is 30.5 Å². The summed E-state index contributed by atoms with van der Waals surface area (Å²) in [4.78, 5) is 25.0. The Morgan fingerprint density at radius 2 is 2.03 bits per heavy atom. The van der Waals surface area contributed by atoms with Crippen LogP contribution >= 0.6 is 11.3 Å². The largest absolute Gasteiger partial charge is 0.351 e. The van der Waals surface area contributed by atoms with E-state index in [2.05, 4.69) is 15.3 Å². The zero-order chi connectivity index (χ0) is 22.7. The second-order valence-electron chi connectivity index (χ2n) is 8.92. The first-order chi connectivity index (χ1) is 15.2. The standard InChI is InChI=1S/C21H26FN5O3S2/c1-3-26-12-21(6-7-21)18-14(19(26)28)10-16(31-18)17-15(22)11-23-20(25-17)24-13-4-8-27(9-5-13)32(2,29)30/h10-11,13H,3-9,12H2,1-2H3,(H,23,24,25). The summed E-state index contributed by atoms with van der Waals surface area (Å²) in [7, 11) is -3.19. The Morgan fingerprint density at radius 3 is 2.66 bits per heavy atom. The Hall–Kier alpha value is -2.11. The Kier molecular flexibility index (Phi) is 5.25. The van der Waals surface area contributed by atoms with Gasteiger partial charge in [-0.3, -0.25) is 4.79 Å². The Balaban J connectivity index is 1.38. The first-order valence-corrected chi connectivity index (χ1v) is 13.5. The summed E-state index contributed by atoms with van der Waals surface area (Å²) in [5.74, 6) is -0.202. The lowest BCUT2D eigenvalue weighted by Crippen LogP contribution is -2.42. The van der Waals surface area contributed by atoms with E-state index >= 15 is 0 Å². The van der Waals surface area contributed by atoms with Gasteiger partial charge in [0.05, 0.1) is 22.9 Å². The highest BCUT2D eigenvalue weighted by molar-refractivity contribution is 7.88. The highest BCUT2D eigenvalue weighted by Gasteiger charge is 2.52. The molecule has 172 valence electrons. The summed E-state index contributed by atoms with van der Waals surface area (Å²) in [6, 6.07) is 1.79. The minimum Gasteiger partial charge on any atom is -0.351 e. The number of hydrogen-bond donors (Lipinski definition) is 1. The third kappa shape index (κ3) is 3.80. The molecule has 0 bridgehead atoms. The molecule has 3 aliphatic rings. The molecule has 0 atom stereocenters. The van der Waals surface area contributed by atoms with Gasteiger partial charge in [0.2, 0.25) is 16.0 Å². The molecule has 2 aliphatic heterocycles. The summed E-state index contributed by atoms with van der Waals surface area (Å²) in [5, 5.41) is 3.22. The fourth-order valence-corrected chi connectivity index (χ4v) is 6.91. The van der Waals surface area contributed by atoms with Crippen LogP contribution in [0.2, 0.25) is 0 Å². The quantitative estimate of drug-likeness (QED) is 0.709. The van der Waals surface area contributed by atoms with Crippen molar-refractivity contribution in [3.63, 3.8) is 0 Å². The Bertz CT molecular complexity index is 1170. The molecule has 1 aliphatic carbocycles. The first-order valence-electron chi connectivity index (χ1n) is 10.9. The van der Waals surface area contributed by atoms with Gasteiger partial charge in [0.1, 0.15) is 5.69 Å². The molecule has 2 fully saturated rings. The number of rotatable bonds is 5. The number of hydrogen-bond acceptors (Lipinski definition) is 7. The minimum atomic E-state index is -3.19. The number of likely N-dealkylation sites (N-methyl/N-ethyl adjacent to an activating group) is 1. The molecular formula is C21H26FN5O3S2. The average molecular weight is 480 g/mol. The lowest BCUT2D eigenvalue weighted by Gasteiger charge is -2.31. The van der Waals surface area contributed by atoms with Crippen molar-refractivity contribution in [2.45, 2.75) is 44.1 Å². The number of anilines is 1. The Labute approximate surface area is 190 Å². The van der Waals surface area contributed by atoms with Crippen molar-refractivity contribution < 1.29 is 17.6 Å². The third-order valence-corrected chi connectivity index (χ3v) is 9.39. The molecule has 11 heteroatoms. The van der Waals surface area contributed by atoms with Gasteiger partial charge >= 0.3 is 0 Å². The lowest BCUT2D eigenvalue weighted by atomic mass is 9.95. The molecule has 4 heterocycles. The molecule has 0 aromatic carbocycles. The highest BCUT2D eigenvalue weighted by Crippen LogP contribution is 2.56. The summed E-state index contributed by atoms with van der Waals surface area (Å²) in [5.41, 5.74) is 0.902. The number of piperidine rings is 1. The van der Waals surface area contributed by atoms with Crippen LogP contribution in [0, 0.1) is 5.82 Å². The van der Waals surface area contributed by atoms with Gasteiger partial charge < -0.3 is 10.2 Å². The molecule has 0 radical (unpaired) electrons. The molecule has 5 rings (SSSR count). The summed E-state index contributed by atoms with van der Waals surface area (Å²) in [6.45, 7) is 4.25. The van der Waals surface area contributed by atoms with Crippen LogP contribution in [0.5, 0.6) is 0 Å². The van der Waals surface area contributed by atoms with Crippen molar-refractivity contribution in [2.24, 2.45) is 0 Å². The monoisotopic (exact) mass is 479 g/mol. The van der Waals surface area contributed by atoms with E-state index < -0.39 is 15.8 Å². The second-order valence-corrected chi connectivity index (χ2v) is 12.0. The molecule has 1 saturated heterocycles. The van der Waals surface area contributed by atoms with Crippen molar-refractivity contribution in [3.8, 4) is 10.6 Å². The summed E-state index contributed by atoms with van der Waals surface area (Å²) in [6.07, 6.45) is 5.72. The highest BCUT2D eigenvalue weighted by atomic mass is 32.2. The molecule has 8 nitrogen and oxygen atoms in total. The number of sulfonamides is 1. The molecule has 1 spiro atoms. The summed E-state index contributed by atoms with van der Waals surface area (Å²) >= 11 is 1.47. The first kappa shape index (κ1) is 21.7. The van der Waals surface area contributed by atoms with E-state index in [0.29, 0.717) is 48.9 Å². The second kappa shape index (κ2) is 7.74. The van der Waals surface area contributed by atoms with Crippen molar-refractivity contribution in [2.75, 3.05) is 37.8 Å². The van der Waals surface area contributed by atoms with E-state index in [1.165, 1.54) is 21.9 Å². The number of thiophene rings is 1. The van der Waals surface area contributed by atoms with Gasteiger partial charge in [-0.05, 0) is 38.7 Å². The molecule has 2 aromatic rings. The molecule has 1 amide bonds. The van der Waals surface area contributed by atoms with E-state index in [1.54, 1.807) is 6.07 Å². The molecular weight excluding hydrogens is 453 g/mol. The average Bonchev–Trinajstić information content (AvgIpc) is 3.38. The number of nitrogens with one attached hydrogen (secondary N) is 1. The fourth-order valence-electron chi connectivity index (χ4n) is 4.66. The van der Waals surface area contributed by atoms with Crippen LogP contribution in [0.4, 0.5) is 10.3 Å². The maximum absolute atomic E-state index is 14.7. The van der Waals surface area contributed by atoms with Gasteiger partial charge in [-0.25, -0.2) is 27.1 Å². The molecule has 1 saturated carbocycles. The van der Waals surface area contributed by atoms with Crippen molar-refractivity contribution >= 4 is 33.2 Å². The smallest absolute Gasteiger partial charge is 0.255 e. The van der Waals surface area contributed by atoms with E-state index in [-0.39, 0.29) is 23.1 Å². The van der Waals surface area contributed by atoms with Crippen LogP contribution in [0.1, 0.15) is 47.8 Å². The van der Waals surface area contributed by atoms with Gasteiger partial charge in [0.25, 0.3) is 5.91 Å². The van der Waals surface area contributed by atoms with Gasteiger partial charge in [-0.2, -0.15) is 0 Å². The number of amides is 1. The van der Waals surface area contributed by atoms with Crippen molar-refractivity contribution in [1.82, 2.24) is 19.2 Å². The van der Waals surface area contributed by atoms with Crippen LogP contribution in [0.3, 0.4) is 0 Å². The number of halogens is 1. The van der Waals surface area contributed by atoms with Crippen molar-refractivity contribution in [1.29, 1.82) is 0 Å². The SMILES string of the molecule is CCN1CC2(CC2)c2sc(-c3nc(NC4CCN(S(C)(=O)=O)CC4)ncc3F)cc2C1=O. The molecule has 2 aromatic heterocycles. The van der Waals surface area contributed by atoms with Crippen LogP contribution in [0.15, 0.2) is 12.3 Å². The maximum atomic E-state index is 14.7. The predicted octanol–water partition coefficient (Wildman–Crippen LogP) is 2.69. The fraction of sp³-hybridized carbons (Fsp3) is 0.571. The number of nitrogens with zero attached hydrogens (tertiary/aromatic N) is 4. The van der Waals surface area contributed by atoms with Crippen LogP contribution < -0.4 is 5.32 Å². The number of fused-ring (bicyclic) bond motifs is 2. The van der Waals surface area contributed by atoms with Gasteiger partial charge in [-0.15, -0.1) is 11.3 Å². The number of aromatic nitrogens is 2. The maximum Gasteiger partial charge on any atom is 0.255 e. The van der Waals surface area contributed by atoms with Crippen LogP contribution in [0.25, 0.3) is 10.6 Å². The minimum absolute atomic E-state index is 0.00738. The summed E-state index contributed by atoms with van der Waals surface area (Å²) < 4.78 is 39.6.